The number of hydrogen-bond acceptors (Lipinski definition) is 0. The third kappa shape index (κ3) is 13.2. The first-order valence-corrected chi connectivity index (χ1v) is 21.9. The second-order valence-corrected chi connectivity index (χ2v) is 19.6. The zero-order valence-electron chi connectivity index (χ0n) is 34.3. The molecule has 0 nitrogen and oxygen atoms in total. The SMILES string of the molecule is FC(F)(F)C(F)(F)C(F)(F)C(F)(F)C(F)(F)C(F)(F)CC[PH+](c1ccccc1)c1ccccc1.FC(F)(F)C(F)(F)C(F)(F)C(F)(F)C(F)(F)C(F)(F)CC[PH+](c1ccccc1)c1ccccc1.[Cl-].[Cl-].[Pd+2]. The molecule has 0 radical (unpaired) electrons. The van der Waals surface area contributed by atoms with Gasteiger partial charge in [0.05, 0.1) is 62.2 Å². The van der Waals surface area contributed by atoms with Crippen LogP contribution >= 0.6 is 15.8 Å². The Bertz CT molecular complexity index is 1980. The van der Waals surface area contributed by atoms with E-state index in [0.29, 0.717) is 21.2 Å². The number of hydrogen-bond donors (Lipinski definition) is 0. The normalized spacial score (nSPS) is 13.9. The van der Waals surface area contributed by atoms with Crippen LogP contribution in [0.1, 0.15) is 12.8 Å². The van der Waals surface area contributed by atoms with Gasteiger partial charge in [-0.15, -0.1) is 0 Å². The van der Waals surface area contributed by atoms with E-state index in [9.17, 15) is 114 Å². The molecular weight excluding hydrogens is 1210 g/mol. The van der Waals surface area contributed by atoms with Crippen molar-refractivity contribution in [1.29, 1.82) is 0 Å². The van der Waals surface area contributed by atoms with Gasteiger partial charge < -0.3 is 24.8 Å². The Hall–Kier alpha value is -2.84. The molecule has 71 heavy (non-hydrogen) atoms. The van der Waals surface area contributed by atoms with Gasteiger partial charge in [0.1, 0.15) is 0 Å². The van der Waals surface area contributed by atoms with Gasteiger partial charge in [-0.3, -0.25) is 0 Å². The van der Waals surface area contributed by atoms with E-state index in [2.05, 4.69) is 0 Å². The van der Waals surface area contributed by atoms with Gasteiger partial charge in [-0.2, -0.15) is 114 Å². The van der Waals surface area contributed by atoms with Crippen molar-refractivity contribution >= 4 is 37.1 Å². The zero-order valence-corrected chi connectivity index (χ0v) is 39.3. The number of rotatable bonds is 18. The van der Waals surface area contributed by atoms with Crippen molar-refractivity contribution in [2.45, 2.75) is 84.4 Å². The summed E-state index contributed by atoms with van der Waals surface area (Å²) >= 11 is 0. The van der Waals surface area contributed by atoms with Gasteiger partial charge in [0.25, 0.3) is 0 Å². The van der Waals surface area contributed by atoms with E-state index < -0.39 is 113 Å². The molecule has 0 saturated carbocycles. The van der Waals surface area contributed by atoms with Crippen LogP contribution in [-0.2, 0) is 20.4 Å². The fourth-order valence-corrected chi connectivity index (χ4v) is 11.3. The summed E-state index contributed by atoms with van der Waals surface area (Å²) in [6.45, 7) is 0. The fourth-order valence-electron chi connectivity index (χ4n) is 5.95. The van der Waals surface area contributed by atoms with E-state index >= 15 is 0 Å². The topological polar surface area (TPSA) is 0 Å². The Kier molecular flexibility index (Phi) is 22.8. The van der Waals surface area contributed by atoms with Crippen LogP contribution in [0.25, 0.3) is 0 Å². The smallest absolute Gasteiger partial charge is 1.00 e. The van der Waals surface area contributed by atoms with E-state index in [1.54, 1.807) is 0 Å². The number of alkyl halides is 26. The molecular formula is C40H30Cl2F26P2Pd+2. The predicted octanol–water partition coefficient (Wildman–Crippen LogP) is 7.97. The van der Waals surface area contributed by atoms with Gasteiger partial charge in [0, 0.05) is 0 Å². The number of benzene rings is 4. The maximum Gasteiger partial charge on any atom is 2.00 e. The minimum atomic E-state index is -7.88. The summed E-state index contributed by atoms with van der Waals surface area (Å²) in [5.74, 6) is -73.3. The molecule has 0 aromatic heterocycles. The van der Waals surface area contributed by atoms with Gasteiger partial charge in [-0.05, 0) is 48.5 Å². The van der Waals surface area contributed by atoms with Crippen LogP contribution in [0.2, 0.25) is 0 Å². The van der Waals surface area contributed by atoms with Crippen molar-refractivity contribution in [1.82, 2.24) is 0 Å². The summed E-state index contributed by atoms with van der Waals surface area (Å²) in [5.41, 5.74) is 0. The quantitative estimate of drug-likeness (QED) is 0.0540. The van der Waals surface area contributed by atoms with Crippen molar-refractivity contribution in [2.75, 3.05) is 12.3 Å². The average Bonchev–Trinajstić information content (AvgIpc) is 3.24. The van der Waals surface area contributed by atoms with Crippen molar-refractivity contribution in [3.05, 3.63) is 121 Å². The van der Waals surface area contributed by atoms with E-state index in [1.807, 2.05) is 0 Å². The van der Waals surface area contributed by atoms with Gasteiger partial charge in [-0.25, -0.2) is 0 Å². The van der Waals surface area contributed by atoms with Crippen LogP contribution in [0.3, 0.4) is 0 Å². The van der Waals surface area contributed by atoms with Gasteiger partial charge in [0.2, 0.25) is 0 Å². The van der Waals surface area contributed by atoms with Gasteiger partial charge >= 0.3 is 92.0 Å². The molecule has 0 atom stereocenters. The minimum absolute atomic E-state index is 0. The van der Waals surface area contributed by atoms with Crippen LogP contribution in [0.4, 0.5) is 114 Å². The molecule has 4 aromatic rings. The first-order chi connectivity index (χ1) is 30.6. The molecule has 0 fully saturated rings. The van der Waals surface area contributed by atoms with E-state index in [1.165, 1.54) is 121 Å². The largest absolute Gasteiger partial charge is 2.00 e. The van der Waals surface area contributed by atoms with Crippen LogP contribution in [0.15, 0.2) is 121 Å². The molecule has 0 heterocycles. The molecule has 0 aliphatic heterocycles. The maximum absolute atomic E-state index is 14.2. The van der Waals surface area contributed by atoms with Crippen molar-refractivity contribution in [3.8, 4) is 0 Å². The molecule has 4 rings (SSSR count). The Morgan fingerprint density at radius 2 is 0.423 bits per heavy atom. The third-order valence-electron chi connectivity index (χ3n) is 9.86. The average molecular weight is 1240 g/mol. The second-order valence-electron chi connectivity index (χ2n) is 14.4. The minimum Gasteiger partial charge on any atom is -1.00 e. The van der Waals surface area contributed by atoms with Crippen LogP contribution in [0.5, 0.6) is 0 Å². The molecule has 0 saturated heterocycles. The molecule has 0 aliphatic rings. The van der Waals surface area contributed by atoms with Crippen LogP contribution < -0.4 is 46.0 Å². The standard InChI is InChI=1S/2C20H14F13P.2ClH.Pd/c2*21-15(22,16(23,24)17(25,26)18(27,28)19(29,30)20(31,32)33)11-12-34(13-7-3-1-4-8-13)14-9-5-2-6-10-14;;;/h2*1-10H,11-12H2;2*1H;/q;;;;+2. The van der Waals surface area contributed by atoms with E-state index in [0.717, 1.165) is 0 Å². The molecule has 4 aromatic carbocycles. The summed E-state index contributed by atoms with van der Waals surface area (Å²) in [6.07, 6.45) is -21.1. The molecule has 0 amide bonds. The summed E-state index contributed by atoms with van der Waals surface area (Å²) in [4.78, 5) is 0. The zero-order chi connectivity index (χ0) is 52.4. The Labute approximate surface area is 413 Å². The van der Waals surface area contributed by atoms with Crippen LogP contribution in [-0.4, -0.2) is 83.9 Å². The second kappa shape index (κ2) is 23.8. The number of halogens is 28. The van der Waals surface area contributed by atoms with Crippen molar-refractivity contribution < 1.29 is 159 Å². The molecule has 0 aliphatic carbocycles. The molecule has 0 N–H and O–H groups in total. The Morgan fingerprint density at radius 3 is 0.592 bits per heavy atom. The Morgan fingerprint density at radius 1 is 0.254 bits per heavy atom. The van der Waals surface area contributed by atoms with Crippen LogP contribution in [0, 0.1) is 0 Å². The van der Waals surface area contributed by atoms with E-state index in [4.69, 9.17) is 0 Å². The monoisotopic (exact) mass is 1240 g/mol. The van der Waals surface area contributed by atoms with Crippen molar-refractivity contribution in [2.24, 2.45) is 0 Å². The summed E-state index contributed by atoms with van der Waals surface area (Å²) in [6, 6.07) is 29.2. The van der Waals surface area contributed by atoms with Gasteiger partial charge in [0.15, 0.2) is 0 Å². The van der Waals surface area contributed by atoms with E-state index in [-0.39, 0.29) is 45.2 Å². The first kappa shape index (κ1) is 68.2. The van der Waals surface area contributed by atoms with Crippen molar-refractivity contribution in [3.63, 3.8) is 0 Å². The maximum atomic E-state index is 14.2. The Balaban J connectivity index is 0.00000132. The predicted molar refractivity (Wildman–Crippen MR) is 201 cm³/mol. The fraction of sp³-hybridized carbons (Fsp3) is 0.400. The van der Waals surface area contributed by atoms with Gasteiger partial charge in [-0.1, -0.05) is 72.8 Å². The molecule has 0 bridgehead atoms. The first-order valence-electron chi connectivity index (χ1n) is 18.5. The molecule has 404 valence electrons. The summed E-state index contributed by atoms with van der Waals surface area (Å²) in [7, 11) is -4.79. The molecule has 31 heteroatoms. The summed E-state index contributed by atoms with van der Waals surface area (Å²) in [5, 5.41) is 1.38. The molecule has 0 spiro atoms. The summed E-state index contributed by atoms with van der Waals surface area (Å²) < 4.78 is 346. The molecule has 0 unspecified atom stereocenters. The third-order valence-corrected chi connectivity index (χ3v) is 15.5.